The number of amides is 1. The predicted molar refractivity (Wildman–Crippen MR) is 88.1 cm³/mol. The van der Waals surface area contributed by atoms with Crippen molar-refractivity contribution in [2.45, 2.75) is 6.54 Å². The molecule has 0 atom stereocenters. The molecule has 3 rings (SSSR count). The Morgan fingerprint density at radius 2 is 2.05 bits per heavy atom. The first-order chi connectivity index (χ1) is 10.5. The molecular weight excluding hydrogens is 323 g/mol. The molecule has 1 amide bonds. The zero-order valence-electron chi connectivity index (χ0n) is 11.4. The summed E-state index contributed by atoms with van der Waals surface area (Å²) >= 11 is 12.0. The van der Waals surface area contributed by atoms with Crippen LogP contribution in [0.2, 0.25) is 10.0 Å². The van der Waals surface area contributed by atoms with E-state index in [1.165, 1.54) is 0 Å². The Morgan fingerprint density at radius 3 is 2.86 bits per heavy atom. The number of nitrogens with zero attached hydrogens (tertiary/aromatic N) is 1. The van der Waals surface area contributed by atoms with Gasteiger partial charge in [-0.15, -0.1) is 0 Å². The number of rotatable bonds is 3. The number of carbonyl (C=O) groups is 1. The molecule has 0 aliphatic rings. The number of nitrogens with two attached hydrogens (primary N) is 1. The lowest BCUT2D eigenvalue weighted by atomic mass is 10.1. The van der Waals surface area contributed by atoms with Gasteiger partial charge in [-0.05, 0) is 42.0 Å². The van der Waals surface area contributed by atoms with E-state index in [9.17, 15) is 4.79 Å². The highest BCUT2D eigenvalue weighted by atomic mass is 35.5. The number of nitrogen functional groups attached to an aromatic ring is 1. The Balaban J connectivity index is 1.78. The molecule has 0 spiro atoms. The summed E-state index contributed by atoms with van der Waals surface area (Å²) in [5.74, 6) is 0.140. The average Bonchev–Trinajstić information content (AvgIpc) is 2.89. The number of aromatic nitrogens is 2. The molecule has 1 aromatic heterocycles. The topological polar surface area (TPSA) is 83.8 Å². The third-order valence-electron chi connectivity index (χ3n) is 3.30. The molecule has 7 heteroatoms. The van der Waals surface area contributed by atoms with E-state index in [1.54, 1.807) is 36.4 Å². The molecule has 5 nitrogen and oxygen atoms in total. The second-order valence-electron chi connectivity index (χ2n) is 4.79. The van der Waals surface area contributed by atoms with Crippen LogP contribution in [0, 0.1) is 0 Å². The molecule has 0 radical (unpaired) electrons. The smallest absolute Gasteiger partial charge is 0.251 e. The van der Waals surface area contributed by atoms with Crippen LogP contribution in [0.3, 0.4) is 0 Å². The number of benzene rings is 2. The standard InChI is InChI=1S/C15H12Cl2N4O/c16-10-2-3-12(17)9(5-10)7-19-15(22)8-1-4-13-11(6-8)14(18)21-20-13/h1-6H,7H2,(H,19,22)(H3,18,20,21). The van der Waals surface area contributed by atoms with Crippen molar-refractivity contribution >= 4 is 45.8 Å². The van der Waals surface area contributed by atoms with Crippen molar-refractivity contribution in [2.75, 3.05) is 5.73 Å². The van der Waals surface area contributed by atoms with Crippen molar-refractivity contribution in [3.05, 3.63) is 57.6 Å². The summed E-state index contributed by atoms with van der Waals surface area (Å²) in [5.41, 5.74) is 7.78. The minimum Gasteiger partial charge on any atom is -0.382 e. The number of aromatic amines is 1. The molecule has 2 aromatic carbocycles. The Bertz CT molecular complexity index is 860. The van der Waals surface area contributed by atoms with E-state index >= 15 is 0 Å². The maximum absolute atomic E-state index is 12.2. The van der Waals surface area contributed by atoms with Crippen molar-refractivity contribution in [1.29, 1.82) is 0 Å². The van der Waals surface area contributed by atoms with E-state index in [1.807, 2.05) is 0 Å². The summed E-state index contributed by atoms with van der Waals surface area (Å²) in [6.45, 7) is 0.289. The Kier molecular flexibility index (Phi) is 3.92. The summed E-state index contributed by atoms with van der Waals surface area (Å²) in [4.78, 5) is 12.2. The van der Waals surface area contributed by atoms with Crippen molar-refractivity contribution in [3.63, 3.8) is 0 Å². The third kappa shape index (κ3) is 2.86. The number of hydrogen-bond acceptors (Lipinski definition) is 3. The molecule has 0 fully saturated rings. The van der Waals surface area contributed by atoms with Crippen LogP contribution in [0.1, 0.15) is 15.9 Å². The van der Waals surface area contributed by atoms with Crippen LogP contribution in [-0.2, 0) is 6.54 Å². The van der Waals surface area contributed by atoms with E-state index in [-0.39, 0.29) is 12.5 Å². The monoisotopic (exact) mass is 334 g/mol. The highest BCUT2D eigenvalue weighted by Gasteiger charge is 2.10. The van der Waals surface area contributed by atoms with E-state index in [0.29, 0.717) is 26.8 Å². The second-order valence-corrected chi connectivity index (χ2v) is 5.63. The molecule has 0 unspecified atom stereocenters. The van der Waals surface area contributed by atoms with Gasteiger partial charge in [0.25, 0.3) is 5.91 Å². The first kappa shape index (κ1) is 14.7. The number of anilines is 1. The van der Waals surface area contributed by atoms with E-state index in [2.05, 4.69) is 15.5 Å². The van der Waals surface area contributed by atoms with Gasteiger partial charge < -0.3 is 11.1 Å². The molecule has 0 saturated heterocycles. The van der Waals surface area contributed by atoms with Gasteiger partial charge in [-0.25, -0.2) is 0 Å². The highest BCUT2D eigenvalue weighted by Crippen LogP contribution is 2.21. The predicted octanol–water partition coefficient (Wildman–Crippen LogP) is 3.38. The Hall–Kier alpha value is -2.24. The molecule has 22 heavy (non-hydrogen) atoms. The quantitative estimate of drug-likeness (QED) is 0.686. The van der Waals surface area contributed by atoms with Crippen molar-refractivity contribution in [2.24, 2.45) is 0 Å². The molecule has 1 heterocycles. The van der Waals surface area contributed by atoms with Gasteiger partial charge in [-0.1, -0.05) is 23.2 Å². The highest BCUT2D eigenvalue weighted by molar-refractivity contribution is 6.33. The van der Waals surface area contributed by atoms with Crippen LogP contribution in [0.5, 0.6) is 0 Å². The van der Waals surface area contributed by atoms with E-state index in [0.717, 1.165) is 11.1 Å². The summed E-state index contributed by atoms with van der Waals surface area (Å²) in [7, 11) is 0. The molecule has 3 aromatic rings. The van der Waals surface area contributed by atoms with Gasteiger partial charge in [0, 0.05) is 27.5 Å². The number of hydrogen-bond donors (Lipinski definition) is 3. The van der Waals surface area contributed by atoms with Crippen LogP contribution in [0.15, 0.2) is 36.4 Å². The zero-order chi connectivity index (χ0) is 15.7. The van der Waals surface area contributed by atoms with Crippen molar-refractivity contribution in [1.82, 2.24) is 15.5 Å². The maximum atomic E-state index is 12.2. The van der Waals surface area contributed by atoms with Gasteiger partial charge in [0.05, 0.1) is 5.52 Å². The van der Waals surface area contributed by atoms with Gasteiger partial charge >= 0.3 is 0 Å². The van der Waals surface area contributed by atoms with Gasteiger partial charge in [0.2, 0.25) is 0 Å². The summed E-state index contributed by atoms with van der Waals surface area (Å²) in [6.07, 6.45) is 0. The lowest BCUT2D eigenvalue weighted by Crippen LogP contribution is -2.22. The van der Waals surface area contributed by atoms with Crippen molar-refractivity contribution in [3.8, 4) is 0 Å². The zero-order valence-corrected chi connectivity index (χ0v) is 12.9. The fraction of sp³-hybridized carbons (Fsp3) is 0.0667. The molecular formula is C15H12Cl2N4O. The Labute approximate surface area is 136 Å². The molecule has 0 aliphatic heterocycles. The van der Waals surface area contributed by atoms with Crippen LogP contribution in [-0.4, -0.2) is 16.1 Å². The van der Waals surface area contributed by atoms with Crippen LogP contribution < -0.4 is 11.1 Å². The summed E-state index contributed by atoms with van der Waals surface area (Å²) < 4.78 is 0. The third-order valence-corrected chi connectivity index (χ3v) is 3.91. The molecule has 0 bridgehead atoms. The number of fused-ring (bicyclic) bond motifs is 1. The first-order valence-corrected chi connectivity index (χ1v) is 7.26. The van der Waals surface area contributed by atoms with Crippen LogP contribution in [0.25, 0.3) is 10.9 Å². The molecule has 0 aliphatic carbocycles. The lowest BCUT2D eigenvalue weighted by Gasteiger charge is -2.08. The van der Waals surface area contributed by atoms with Gasteiger partial charge in [0.15, 0.2) is 5.82 Å². The minimum atomic E-state index is -0.224. The van der Waals surface area contributed by atoms with Crippen LogP contribution in [0.4, 0.5) is 5.82 Å². The van der Waals surface area contributed by atoms with Crippen molar-refractivity contribution < 1.29 is 4.79 Å². The van der Waals surface area contributed by atoms with Gasteiger partial charge in [-0.2, -0.15) is 5.10 Å². The normalized spacial score (nSPS) is 10.8. The van der Waals surface area contributed by atoms with Gasteiger partial charge in [-0.3, -0.25) is 9.89 Å². The fourth-order valence-electron chi connectivity index (χ4n) is 2.13. The van der Waals surface area contributed by atoms with E-state index in [4.69, 9.17) is 28.9 Å². The molecule has 0 saturated carbocycles. The maximum Gasteiger partial charge on any atom is 0.251 e. The average molecular weight is 335 g/mol. The minimum absolute atomic E-state index is 0.224. The van der Waals surface area contributed by atoms with Gasteiger partial charge in [0.1, 0.15) is 0 Å². The number of carbonyl (C=O) groups excluding carboxylic acids is 1. The van der Waals surface area contributed by atoms with E-state index < -0.39 is 0 Å². The molecule has 112 valence electrons. The lowest BCUT2D eigenvalue weighted by molar-refractivity contribution is 0.0951. The summed E-state index contributed by atoms with van der Waals surface area (Å²) in [5, 5.41) is 11.3. The summed E-state index contributed by atoms with van der Waals surface area (Å²) in [6, 6.07) is 10.3. The number of halogens is 2. The second kappa shape index (κ2) is 5.87. The number of nitrogens with one attached hydrogen (secondary N) is 2. The first-order valence-electron chi connectivity index (χ1n) is 6.50. The van der Waals surface area contributed by atoms with Crippen LogP contribution >= 0.6 is 23.2 Å². The largest absolute Gasteiger partial charge is 0.382 e. The fourth-order valence-corrected chi connectivity index (χ4v) is 2.51. The number of H-pyrrole nitrogens is 1. The molecule has 4 N–H and O–H groups in total. The SMILES string of the molecule is Nc1n[nH]c2ccc(C(=O)NCc3cc(Cl)ccc3Cl)cc12. The Morgan fingerprint density at radius 1 is 1.23 bits per heavy atom.